The molecule has 1 aromatic heterocycles. The molecule has 0 aliphatic rings. The van der Waals surface area contributed by atoms with Crippen LogP contribution in [0.3, 0.4) is 0 Å². The number of hydrogen-bond donors (Lipinski definition) is 1. The second-order valence-electron chi connectivity index (χ2n) is 6.74. The molecule has 3 rings (SSSR count). The van der Waals surface area contributed by atoms with Crippen molar-refractivity contribution in [3.63, 3.8) is 0 Å². The van der Waals surface area contributed by atoms with Crippen LogP contribution >= 0.6 is 0 Å². The maximum Gasteiger partial charge on any atom is 0.130 e. The van der Waals surface area contributed by atoms with Gasteiger partial charge < -0.3 is 9.84 Å². The van der Waals surface area contributed by atoms with E-state index in [9.17, 15) is 5.11 Å². The maximum absolute atomic E-state index is 9.79. The van der Waals surface area contributed by atoms with E-state index in [0.717, 1.165) is 35.2 Å². The normalized spacial score (nSPS) is 11.6. The molecule has 0 radical (unpaired) electrons. The molecule has 1 N–H and O–H groups in total. The van der Waals surface area contributed by atoms with E-state index in [4.69, 9.17) is 4.74 Å². The van der Waals surface area contributed by atoms with Crippen LogP contribution in [0.4, 0.5) is 0 Å². The van der Waals surface area contributed by atoms with Crippen molar-refractivity contribution in [1.82, 2.24) is 4.98 Å². The number of ether oxygens (including phenoxy) is 1. The molecule has 24 heavy (non-hydrogen) atoms. The molecule has 0 fully saturated rings. The zero-order chi connectivity index (χ0) is 17.0. The first-order valence-electron chi connectivity index (χ1n) is 8.28. The Hall–Kier alpha value is -2.39. The Morgan fingerprint density at radius 1 is 0.958 bits per heavy atom. The van der Waals surface area contributed by atoms with E-state index in [1.54, 1.807) is 0 Å². The molecule has 0 atom stereocenters. The van der Waals surface area contributed by atoms with Crippen molar-refractivity contribution in [3.05, 3.63) is 71.9 Å². The third-order valence-corrected chi connectivity index (χ3v) is 3.99. The number of nitrogens with zero attached hydrogens (tertiary/aromatic N) is 1. The van der Waals surface area contributed by atoms with Crippen molar-refractivity contribution >= 4 is 10.9 Å². The number of hydrogen-bond acceptors (Lipinski definition) is 3. The molecule has 0 unspecified atom stereocenters. The third-order valence-electron chi connectivity index (χ3n) is 3.99. The molecular weight excluding hydrogens is 298 g/mol. The maximum atomic E-state index is 9.79. The highest BCUT2D eigenvalue weighted by atomic mass is 16.5. The first kappa shape index (κ1) is 16.5. The molecule has 1 heterocycles. The van der Waals surface area contributed by atoms with Gasteiger partial charge in [0.15, 0.2) is 0 Å². The zero-order valence-electron chi connectivity index (χ0n) is 14.2. The summed E-state index contributed by atoms with van der Waals surface area (Å²) in [6.45, 7) is 4.12. The van der Waals surface area contributed by atoms with E-state index in [1.807, 2.05) is 50.2 Å². The largest absolute Gasteiger partial charge is 0.487 e. The summed E-state index contributed by atoms with van der Waals surface area (Å²) in [5.41, 5.74) is 2.48. The highest BCUT2D eigenvalue weighted by Gasteiger charge is 2.11. The lowest BCUT2D eigenvalue weighted by atomic mass is 9.99. The van der Waals surface area contributed by atoms with Crippen LogP contribution in [0, 0.1) is 0 Å². The molecule has 0 aliphatic heterocycles. The van der Waals surface area contributed by atoms with Gasteiger partial charge in [-0.25, -0.2) is 4.98 Å². The fourth-order valence-corrected chi connectivity index (χ4v) is 2.55. The predicted molar refractivity (Wildman–Crippen MR) is 97.1 cm³/mol. The van der Waals surface area contributed by atoms with Crippen molar-refractivity contribution < 1.29 is 9.84 Å². The monoisotopic (exact) mass is 321 g/mol. The van der Waals surface area contributed by atoms with E-state index >= 15 is 0 Å². The van der Waals surface area contributed by atoms with Gasteiger partial charge in [0, 0.05) is 5.39 Å². The molecule has 0 amide bonds. The van der Waals surface area contributed by atoms with E-state index in [0.29, 0.717) is 6.61 Å². The summed E-state index contributed by atoms with van der Waals surface area (Å²) in [5, 5.41) is 10.9. The molecule has 0 spiro atoms. The lowest BCUT2D eigenvalue weighted by Crippen LogP contribution is -2.19. The van der Waals surface area contributed by atoms with Gasteiger partial charge in [-0.1, -0.05) is 36.4 Å². The fourth-order valence-electron chi connectivity index (χ4n) is 2.55. The van der Waals surface area contributed by atoms with Gasteiger partial charge in [0.05, 0.1) is 16.8 Å². The molecule has 0 saturated carbocycles. The highest BCUT2D eigenvalue weighted by molar-refractivity contribution is 5.78. The van der Waals surface area contributed by atoms with Gasteiger partial charge in [-0.15, -0.1) is 0 Å². The predicted octanol–water partition coefficient (Wildman–Crippen LogP) is 4.52. The molecule has 0 saturated heterocycles. The molecule has 0 bridgehead atoms. The van der Waals surface area contributed by atoms with Crippen LogP contribution in [0.15, 0.2) is 60.7 Å². The molecule has 2 aromatic carbocycles. The van der Waals surface area contributed by atoms with Gasteiger partial charge in [-0.05, 0) is 56.5 Å². The van der Waals surface area contributed by atoms with E-state index in [-0.39, 0.29) is 0 Å². The van der Waals surface area contributed by atoms with Crippen LogP contribution in [-0.4, -0.2) is 15.7 Å². The number of aromatic nitrogens is 1. The van der Waals surface area contributed by atoms with Crippen molar-refractivity contribution in [2.24, 2.45) is 0 Å². The van der Waals surface area contributed by atoms with Crippen LogP contribution in [0.2, 0.25) is 0 Å². The number of rotatable bonds is 6. The van der Waals surface area contributed by atoms with Gasteiger partial charge >= 0.3 is 0 Å². The number of pyridine rings is 1. The first-order chi connectivity index (χ1) is 11.5. The Bertz CT molecular complexity index is 804. The lowest BCUT2D eigenvalue weighted by Gasteiger charge is -2.16. The number of para-hydroxylation sites is 1. The summed E-state index contributed by atoms with van der Waals surface area (Å²) in [7, 11) is 0. The first-order valence-corrected chi connectivity index (χ1v) is 8.28. The quantitative estimate of drug-likeness (QED) is 0.726. The minimum atomic E-state index is -0.628. The molecule has 3 aromatic rings. The Morgan fingerprint density at radius 3 is 2.46 bits per heavy atom. The summed E-state index contributed by atoms with van der Waals surface area (Å²) in [6, 6.07) is 20.2. The molecule has 3 heteroatoms. The minimum Gasteiger partial charge on any atom is -0.487 e. The highest BCUT2D eigenvalue weighted by Crippen LogP contribution is 2.18. The van der Waals surface area contributed by atoms with E-state index < -0.39 is 5.60 Å². The number of fused-ring (bicyclic) bond motifs is 1. The Morgan fingerprint density at radius 2 is 1.71 bits per heavy atom. The van der Waals surface area contributed by atoms with Gasteiger partial charge in [-0.3, -0.25) is 0 Å². The molecule has 124 valence electrons. The third kappa shape index (κ3) is 4.56. The zero-order valence-corrected chi connectivity index (χ0v) is 14.2. The molecule has 3 nitrogen and oxygen atoms in total. The van der Waals surface area contributed by atoms with Gasteiger partial charge in [0.2, 0.25) is 0 Å². The Balaban J connectivity index is 1.59. The standard InChI is InChI=1S/C21H23NO2/c1-21(2,23)14-13-16-7-11-19(12-8-16)24-15-18-10-9-17-5-3-4-6-20(17)22-18/h3-12,23H,13-15H2,1-2H3. The van der Waals surface area contributed by atoms with Crippen molar-refractivity contribution in [2.75, 3.05) is 0 Å². The summed E-state index contributed by atoms with van der Waals surface area (Å²) >= 11 is 0. The minimum absolute atomic E-state index is 0.452. The van der Waals surface area contributed by atoms with E-state index in [1.165, 1.54) is 5.56 Å². The molecular formula is C21H23NO2. The second kappa shape index (κ2) is 7.02. The van der Waals surface area contributed by atoms with Crippen molar-refractivity contribution in [2.45, 2.75) is 38.9 Å². The van der Waals surface area contributed by atoms with Crippen LogP contribution < -0.4 is 4.74 Å². The Kier molecular flexibility index (Phi) is 4.81. The van der Waals surface area contributed by atoms with Crippen LogP contribution in [0.1, 0.15) is 31.5 Å². The van der Waals surface area contributed by atoms with E-state index in [2.05, 4.69) is 29.2 Å². The van der Waals surface area contributed by atoms with Gasteiger partial charge in [-0.2, -0.15) is 0 Å². The average Bonchev–Trinajstić information content (AvgIpc) is 2.58. The lowest BCUT2D eigenvalue weighted by molar-refractivity contribution is 0.0714. The Labute approximate surface area is 142 Å². The number of aryl methyl sites for hydroxylation is 1. The van der Waals surface area contributed by atoms with Crippen molar-refractivity contribution in [3.8, 4) is 5.75 Å². The van der Waals surface area contributed by atoms with Crippen LogP contribution in [0.25, 0.3) is 10.9 Å². The molecule has 0 aliphatic carbocycles. The summed E-state index contributed by atoms with van der Waals surface area (Å²) in [4.78, 5) is 4.61. The smallest absolute Gasteiger partial charge is 0.130 e. The summed E-state index contributed by atoms with van der Waals surface area (Å²) in [5.74, 6) is 0.831. The number of aliphatic hydroxyl groups is 1. The second-order valence-corrected chi connectivity index (χ2v) is 6.74. The van der Waals surface area contributed by atoms with Gasteiger partial charge in [0.25, 0.3) is 0 Å². The van der Waals surface area contributed by atoms with Crippen LogP contribution in [0.5, 0.6) is 5.75 Å². The number of benzene rings is 2. The van der Waals surface area contributed by atoms with Gasteiger partial charge in [0.1, 0.15) is 12.4 Å². The average molecular weight is 321 g/mol. The summed E-state index contributed by atoms with van der Waals surface area (Å²) in [6.07, 6.45) is 1.60. The topological polar surface area (TPSA) is 42.4 Å². The van der Waals surface area contributed by atoms with Crippen LogP contribution in [-0.2, 0) is 13.0 Å². The fraction of sp³-hybridized carbons (Fsp3) is 0.286. The van der Waals surface area contributed by atoms with Crippen molar-refractivity contribution in [1.29, 1.82) is 0 Å². The SMILES string of the molecule is CC(C)(O)CCc1ccc(OCc2ccc3ccccc3n2)cc1. The summed E-state index contributed by atoms with van der Waals surface area (Å²) < 4.78 is 5.83.